The monoisotopic (exact) mass is 424 g/mol. The van der Waals surface area contributed by atoms with E-state index in [4.69, 9.17) is 8.27 Å². The number of halogens is 2. The van der Waals surface area contributed by atoms with Crippen molar-refractivity contribution in [3.63, 3.8) is 0 Å². The first-order valence-electron chi connectivity index (χ1n) is 4.81. The second-order valence-corrected chi connectivity index (χ2v) is 5.80. The third-order valence-corrected chi connectivity index (χ3v) is 4.12. The van der Waals surface area contributed by atoms with Gasteiger partial charge in [0.25, 0.3) is 0 Å². The van der Waals surface area contributed by atoms with Gasteiger partial charge in [-0.15, -0.1) is 0 Å². The van der Waals surface area contributed by atoms with E-state index in [9.17, 15) is 4.79 Å². The van der Waals surface area contributed by atoms with Crippen molar-refractivity contribution in [3.8, 4) is 11.3 Å². The minimum atomic E-state index is -0.896. The molecular formula is C10H8BrIN3O3-. The number of rotatable bonds is 5. The normalized spacial score (nSPS) is 10.5. The Morgan fingerprint density at radius 2 is 2.22 bits per heavy atom. The number of aromatic nitrogens is 3. The van der Waals surface area contributed by atoms with Crippen molar-refractivity contribution < 1.29 is 34.7 Å². The van der Waals surface area contributed by atoms with Crippen LogP contribution in [0.25, 0.3) is 11.3 Å². The molecule has 0 aromatic carbocycles. The molecule has 6 nitrogen and oxygen atoms in total. The number of hydrogen-bond acceptors (Lipinski definition) is 4. The average Bonchev–Trinajstić information content (AvgIpc) is 2.71. The fourth-order valence-electron chi connectivity index (χ4n) is 1.20. The third kappa shape index (κ3) is 3.42. The van der Waals surface area contributed by atoms with Crippen LogP contribution < -0.4 is 24.8 Å². The number of nitrogens with zero attached hydrogens (tertiary/aromatic N) is 3. The zero-order chi connectivity index (χ0) is 13.0. The molecule has 0 spiro atoms. The topological polar surface area (TPSA) is 77.2 Å². The Balaban J connectivity index is 2.10. The zero-order valence-electron chi connectivity index (χ0n) is 8.96. The number of pyridine rings is 1. The molecule has 1 N–H and O–H groups in total. The van der Waals surface area contributed by atoms with Gasteiger partial charge in [-0.3, -0.25) is 0 Å². The molecule has 0 aliphatic carbocycles. The van der Waals surface area contributed by atoms with E-state index in [-0.39, 0.29) is 4.43 Å². The molecule has 0 amide bonds. The van der Waals surface area contributed by atoms with Crippen molar-refractivity contribution in [1.29, 1.82) is 0 Å². The van der Waals surface area contributed by atoms with Crippen molar-refractivity contribution in [1.82, 2.24) is 14.9 Å². The van der Waals surface area contributed by atoms with Gasteiger partial charge >= 0.3 is 122 Å². The molecule has 2 heterocycles. The summed E-state index contributed by atoms with van der Waals surface area (Å²) < 4.78 is 6.12. The summed E-state index contributed by atoms with van der Waals surface area (Å²) in [4.78, 5) is 15.6. The summed E-state index contributed by atoms with van der Waals surface area (Å²) in [5, 5.41) is 12.8. The van der Waals surface area contributed by atoms with Gasteiger partial charge in [-0.05, 0) is 0 Å². The van der Waals surface area contributed by atoms with Crippen molar-refractivity contribution in [2.24, 2.45) is 0 Å². The van der Waals surface area contributed by atoms with Crippen LogP contribution in [-0.4, -0.2) is 30.4 Å². The maximum atomic E-state index is 10.4. The van der Waals surface area contributed by atoms with E-state index in [2.05, 4.69) is 26.0 Å². The van der Waals surface area contributed by atoms with Gasteiger partial charge in [0, 0.05) is 0 Å². The Hall–Kier alpha value is -1.16. The molecule has 0 radical (unpaired) electrons. The summed E-state index contributed by atoms with van der Waals surface area (Å²) >= 11 is 2.49. The van der Waals surface area contributed by atoms with Crippen molar-refractivity contribution in [2.45, 2.75) is 0 Å². The Bertz CT molecular complexity index is 547. The van der Waals surface area contributed by atoms with Gasteiger partial charge in [-0.2, -0.15) is 0 Å². The second-order valence-electron chi connectivity index (χ2n) is 3.17. The molecule has 96 valence electrons. The summed E-state index contributed by atoms with van der Waals surface area (Å²) in [6, 6.07) is 3.67. The molecule has 0 aliphatic rings. The van der Waals surface area contributed by atoms with E-state index in [1.165, 1.54) is 4.85 Å². The molecule has 0 atom stereocenters. The van der Waals surface area contributed by atoms with Gasteiger partial charge < -0.3 is 0 Å². The molecule has 0 bridgehead atoms. The summed E-state index contributed by atoms with van der Waals surface area (Å²) in [5.41, 5.74) is 1.65. The molecule has 0 saturated heterocycles. The average molecular weight is 425 g/mol. The van der Waals surface area contributed by atoms with E-state index in [1.54, 1.807) is 18.6 Å². The molecule has 0 unspecified atom stereocenters. The molecule has 2 rings (SSSR count). The van der Waals surface area contributed by atoms with Gasteiger partial charge in [0.15, 0.2) is 0 Å². The first-order chi connectivity index (χ1) is 8.66. The van der Waals surface area contributed by atoms with Crippen molar-refractivity contribution in [3.05, 3.63) is 35.2 Å². The standard InChI is InChI=1S/C10H8BrIN3O3/c11-8-6-15(18-12-5-9(16)17)14-10(8)7-1-3-13-4-2-7/h1-4,6H,5H2,(H,16,17)/q-1. The Kier molecular flexibility index (Phi) is 4.53. The van der Waals surface area contributed by atoms with E-state index in [0.29, 0.717) is 0 Å². The molecule has 2 aromatic heterocycles. The number of alkyl halides is 1. The van der Waals surface area contributed by atoms with Crippen LogP contribution in [0.3, 0.4) is 0 Å². The number of carboxylic acid groups (broad SMARTS) is 1. The summed E-state index contributed by atoms with van der Waals surface area (Å²) in [6.07, 6.45) is 5.02. The first kappa shape index (κ1) is 13.3. The molecule has 8 heteroatoms. The van der Waals surface area contributed by atoms with Crippen LogP contribution in [0, 0.1) is 0 Å². The predicted molar refractivity (Wildman–Crippen MR) is 62.2 cm³/mol. The van der Waals surface area contributed by atoms with E-state index < -0.39 is 27.6 Å². The number of aliphatic carboxylic acids is 1. The summed E-state index contributed by atoms with van der Waals surface area (Å²) in [7, 11) is 0. The van der Waals surface area contributed by atoms with Gasteiger partial charge in [-0.25, -0.2) is 0 Å². The molecule has 0 aliphatic heterocycles. The van der Waals surface area contributed by atoms with E-state index >= 15 is 0 Å². The predicted octanol–water partition coefficient (Wildman–Crippen LogP) is -1.78. The Morgan fingerprint density at radius 3 is 2.89 bits per heavy atom. The van der Waals surface area contributed by atoms with Crippen LogP contribution in [0.1, 0.15) is 0 Å². The van der Waals surface area contributed by atoms with Gasteiger partial charge in [0.05, 0.1) is 0 Å². The summed E-state index contributed by atoms with van der Waals surface area (Å²) in [6.45, 7) is 0. The van der Waals surface area contributed by atoms with Crippen molar-refractivity contribution in [2.75, 3.05) is 4.43 Å². The number of carbonyl (C=O) groups is 1. The minimum absolute atomic E-state index is 0.0426. The SMILES string of the molecule is O=C(O)C[I-]On1cc(Br)c(-c2ccncc2)n1. The molecule has 18 heavy (non-hydrogen) atoms. The van der Waals surface area contributed by atoms with Crippen LogP contribution in [0.5, 0.6) is 0 Å². The van der Waals surface area contributed by atoms with E-state index in [0.717, 1.165) is 15.7 Å². The number of carboxylic acids is 1. The van der Waals surface area contributed by atoms with Crippen LogP contribution >= 0.6 is 15.9 Å². The fraction of sp³-hybridized carbons (Fsp3) is 0.100. The van der Waals surface area contributed by atoms with Gasteiger partial charge in [0.2, 0.25) is 0 Å². The quantitative estimate of drug-likeness (QED) is 0.454. The number of hydrogen-bond donors (Lipinski definition) is 1. The Morgan fingerprint density at radius 1 is 1.50 bits per heavy atom. The third-order valence-electron chi connectivity index (χ3n) is 1.89. The van der Waals surface area contributed by atoms with Crippen molar-refractivity contribution >= 4 is 21.9 Å². The zero-order valence-corrected chi connectivity index (χ0v) is 12.7. The molecular weight excluding hydrogens is 417 g/mol. The second kappa shape index (κ2) is 6.14. The fourth-order valence-corrected chi connectivity index (χ4v) is 2.57. The van der Waals surface area contributed by atoms with Crippen LogP contribution in [-0.2, 0) is 4.79 Å². The van der Waals surface area contributed by atoms with Crippen LogP contribution in [0.4, 0.5) is 0 Å². The molecule has 2 aromatic rings. The van der Waals surface area contributed by atoms with Gasteiger partial charge in [-0.1, -0.05) is 0 Å². The van der Waals surface area contributed by atoms with E-state index in [1.807, 2.05) is 12.1 Å². The molecule has 0 saturated carbocycles. The Labute approximate surface area is 122 Å². The van der Waals surface area contributed by atoms with Crippen LogP contribution in [0.15, 0.2) is 35.2 Å². The first-order valence-corrected chi connectivity index (χ1v) is 8.00. The van der Waals surface area contributed by atoms with Gasteiger partial charge in [0.1, 0.15) is 0 Å². The summed E-state index contributed by atoms with van der Waals surface area (Å²) in [5.74, 6) is -0.858. The maximum absolute atomic E-state index is 10.4. The molecule has 0 fully saturated rings. The van der Waals surface area contributed by atoms with Crippen LogP contribution in [0.2, 0.25) is 0 Å².